The number of carbonyl (C=O) groups excluding carboxylic acids is 1. The minimum absolute atomic E-state index is 0.00760. The summed E-state index contributed by atoms with van der Waals surface area (Å²) >= 11 is 2.83. The number of carbonyl (C=O) groups is 1. The van der Waals surface area contributed by atoms with Gasteiger partial charge in [0.1, 0.15) is 4.83 Å². The molecule has 4 aromatic rings. The summed E-state index contributed by atoms with van der Waals surface area (Å²) in [5.74, 6) is 0.586. The molecule has 7 heteroatoms. The third kappa shape index (κ3) is 4.28. The second kappa shape index (κ2) is 9.25. The normalized spacial score (nSPS) is 15.7. The van der Waals surface area contributed by atoms with Crippen LogP contribution in [0.5, 0.6) is 0 Å². The first-order valence-corrected chi connectivity index (χ1v) is 12.8. The fourth-order valence-electron chi connectivity index (χ4n) is 4.08. The highest BCUT2D eigenvalue weighted by Crippen LogP contribution is 2.36. The molecule has 168 valence electrons. The van der Waals surface area contributed by atoms with Gasteiger partial charge < -0.3 is 4.74 Å². The van der Waals surface area contributed by atoms with Crippen LogP contribution in [-0.2, 0) is 17.8 Å². The molecule has 3 heterocycles. The van der Waals surface area contributed by atoms with Crippen LogP contribution < -0.4 is 5.56 Å². The van der Waals surface area contributed by atoms with Gasteiger partial charge in [-0.1, -0.05) is 74.1 Å². The smallest absolute Gasteiger partial charge is 0.267 e. The van der Waals surface area contributed by atoms with Gasteiger partial charge in [0.15, 0.2) is 10.9 Å². The SMILES string of the molecule is CC(C)[C@@H]1Cc2c(sc3nc(SCC(=O)c4ccccc4)n(-c4ccccc4)c(=O)c23)CO1. The number of benzene rings is 2. The van der Waals surface area contributed by atoms with Crippen LogP contribution in [0.2, 0.25) is 0 Å². The lowest BCUT2D eigenvalue weighted by atomic mass is 9.96. The molecule has 0 aliphatic carbocycles. The number of hydrogen-bond donors (Lipinski definition) is 0. The largest absolute Gasteiger partial charge is 0.372 e. The van der Waals surface area contributed by atoms with Gasteiger partial charge in [0.2, 0.25) is 0 Å². The maximum atomic E-state index is 13.9. The van der Waals surface area contributed by atoms with Gasteiger partial charge >= 0.3 is 0 Å². The molecule has 0 N–H and O–H groups in total. The molecule has 33 heavy (non-hydrogen) atoms. The van der Waals surface area contributed by atoms with E-state index in [0.29, 0.717) is 28.6 Å². The van der Waals surface area contributed by atoms with E-state index in [1.54, 1.807) is 4.57 Å². The molecule has 0 amide bonds. The summed E-state index contributed by atoms with van der Waals surface area (Å²) in [6.45, 7) is 4.80. The van der Waals surface area contributed by atoms with Gasteiger partial charge in [-0.05, 0) is 23.6 Å². The highest BCUT2D eigenvalue weighted by Gasteiger charge is 2.29. The lowest BCUT2D eigenvalue weighted by Crippen LogP contribution is -2.28. The van der Waals surface area contributed by atoms with Crippen molar-refractivity contribution in [2.24, 2.45) is 5.92 Å². The Morgan fingerprint density at radius 2 is 1.85 bits per heavy atom. The van der Waals surface area contributed by atoms with E-state index in [9.17, 15) is 9.59 Å². The summed E-state index contributed by atoms with van der Waals surface area (Å²) in [6, 6.07) is 18.7. The number of hydrogen-bond acceptors (Lipinski definition) is 6. The number of para-hydroxylation sites is 1. The Labute approximate surface area is 200 Å². The summed E-state index contributed by atoms with van der Waals surface area (Å²) in [5.41, 5.74) is 2.39. The number of thiophene rings is 1. The number of rotatable bonds is 6. The Morgan fingerprint density at radius 3 is 2.55 bits per heavy atom. The summed E-state index contributed by atoms with van der Waals surface area (Å²) < 4.78 is 7.68. The molecule has 1 aliphatic rings. The van der Waals surface area contributed by atoms with E-state index in [4.69, 9.17) is 9.72 Å². The lowest BCUT2D eigenvalue weighted by molar-refractivity contribution is 0.00200. The molecule has 0 unspecified atom stereocenters. The molecule has 5 rings (SSSR count). The van der Waals surface area contributed by atoms with Crippen molar-refractivity contribution >= 4 is 39.1 Å². The van der Waals surface area contributed by atoms with Crippen LogP contribution in [0.25, 0.3) is 15.9 Å². The summed E-state index contributed by atoms with van der Waals surface area (Å²) in [6.07, 6.45) is 0.815. The van der Waals surface area contributed by atoms with Crippen molar-refractivity contribution in [2.75, 3.05) is 5.75 Å². The summed E-state index contributed by atoms with van der Waals surface area (Å²) in [5, 5.41) is 1.22. The number of thioether (sulfide) groups is 1. The monoisotopic (exact) mass is 476 g/mol. The Bertz CT molecular complexity index is 1360. The standard InChI is InChI=1S/C26H24N2O3S2/c1-16(2)21-13-19-22(14-31-21)33-24-23(19)25(30)28(18-11-7-4-8-12-18)26(27-24)32-15-20(29)17-9-5-3-6-10-17/h3-12,16,21H,13-15H2,1-2H3/t21-/m0/s1. The maximum absolute atomic E-state index is 13.9. The van der Waals surface area contributed by atoms with Crippen LogP contribution in [-0.4, -0.2) is 27.2 Å². The molecule has 1 aliphatic heterocycles. The minimum atomic E-state index is -0.0808. The van der Waals surface area contributed by atoms with Crippen LogP contribution in [0.15, 0.2) is 70.6 Å². The van der Waals surface area contributed by atoms with Crippen molar-refractivity contribution in [1.82, 2.24) is 9.55 Å². The van der Waals surface area contributed by atoms with Crippen LogP contribution in [0.1, 0.15) is 34.6 Å². The lowest BCUT2D eigenvalue weighted by Gasteiger charge is -2.26. The van der Waals surface area contributed by atoms with E-state index in [1.165, 1.54) is 23.1 Å². The van der Waals surface area contributed by atoms with E-state index in [-0.39, 0.29) is 23.2 Å². The fraction of sp³-hybridized carbons (Fsp3) is 0.269. The number of ketones is 1. The third-order valence-electron chi connectivity index (χ3n) is 5.90. The molecule has 0 spiro atoms. The zero-order valence-electron chi connectivity index (χ0n) is 18.5. The Balaban J connectivity index is 1.60. The van der Waals surface area contributed by atoms with Crippen molar-refractivity contribution < 1.29 is 9.53 Å². The van der Waals surface area contributed by atoms with Gasteiger partial charge in [-0.15, -0.1) is 11.3 Å². The topological polar surface area (TPSA) is 61.2 Å². The average Bonchev–Trinajstić information content (AvgIpc) is 3.21. The van der Waals surface area contributed by atoms with Crippen LogP contribution in [0, 0.1) is 5.92 Å². The molecule has 2 aromatic carbocycles. The van der Waals surface area contributed by atoms with Gasteiger partial charge in [0.05, 0.1) is 29.5 Å². The number of Topliss-reactive ketones (excluding diaryl/α,β-unsaturated/α-hetero) is 1. The number of nitrogens with zero attached hydrogens (tertiary/aromatic N) is 2. The first kappa shape index (κ1) is 22.1. The van der Waals surface area contributed by atoms with Crippen molar-refractivity contribution in [3.63, 3.8) is 0 Å². The Kier molecular flexibility index (Phi) is 6.19. The molecule has 0 fully saturated rings. The number of aromatic nitrogens is 2. The molecule has 0 bridgehead atoms. The van der Waals surface area contributed by atoms with Gasteiger partial charge in [0, 0.05) is 16.9 Å². The molecule has 0 radical (unpaired) electrons. The second-order valence-corrected chi connectivity index (χ2v) is 10.5. The highest BCUT2D eigenvalue weighted by atomic mass is 32.2. The van der Waals surface area contributed by atoms with Crippen LogP contribution in [0.3, 0.4) is 0 Å². The predicted octanol–water partition coefficient (Wildman–Crippen LogP) is 5.52. The third-order valence-corrected chi connectivity index (χ3v) is 7.94. The van der Waals surface area contributed by atoms with E-state index in [0.717, 1.165) is 27.4 Å². The summed E-state index contributed by atoms with van der Waals surface area (Å²) in [4.78, 5) is 33.3. The Morgan fingerprint density at radius 1 is 1.15 bits per heavy atom. The van der Waals surface area contributed by atoms with Gasteiger partial charge in [-0.25, -0.2) is 4.98 Å². The zero-order valence-corrected chi connectivity index (χ0v) is 20.1. The minimum Gasteiger partial charge on any atom is -0.372 e. The van der Waals surface area contributed by atoms with Gasteiger partial charge in [-0.3, -0.25) is 14.2 Å². The number of ether oxygens (including phenoxy) is 1. The first-order valence-electron chi connectivity index (χ1n) is 11.0. The maximum Gasteiger partial charge on any atom is 0.267 e. The molecule has 0 saturated carbocycles. The van der Waals surface area contributed by atoms with E-state index >= 15 is 0 Å². The van der Waals surface area contributed by atoms with Crippen molar-refractivity contribution in [3.8, 4) is 5.69 Å². The highest BCUT2D eigenvalue weighted by molar-refractivity contribution is 7.99. The Hall–Kier alpha value is -2.74. The molecule has 0 saturated heterocycles. The fourth-order valence-corrected chi connectivity index (χ4v) is 6.15. The van der Waals surface area contributed by atoms with E-state index in [1.807, 2.05) is 60.7 Å². The molecular formula is C26H24N2O3S2. The zero-order chi connectivity index (χ0) is 22.9. The second-order valence-electron chi connectivity index (χ2n) is 8.43. The molecule has 1 atom stereocenters. The quantitative estimate of drug-likeness (QED) is 0.208. The van der Waals surface area contributed by atoms with Crippen molar-refractivity contribution in [2.45, 2.75) is 38.1 Å². The average molecular weight is 477 g/mol. The van der Waals surface area contributed by atoms with Gasteiger partial charge in [-0.2, -0.15) is 0 Å². The molecule has 2 aromatic heterocycles. The molecular weight excluding hydrogens is 452 g/mol. The van der Waals surface area contributed by atoms with E-state index in [2.05, 4.69) is 13.8 Å². The van der Waals surface area contributed by atoms with Crippen molar-refractivity contribution in [1.29, 1.82) is 0 Å². The molecule has 5 nitrogen and oxygen atoms in total. The number of fused-ring (bicyclic) bond motifs is 3. The van der Waals surface area contributed by atoms with Crippen LogP contribution >= 0.6 is 23.1 Å². The first-order chi connectivity index (χ1) is 16.0. The summed E-state index contributed by atoms with van der Waals surface area (Å²) in [7, 11) is 0. The van der Waals surface area contributed by atoms with Crippen LogP contribution in [0.4, 0.5) is 0 Å². The predicted molar refractivity (Wildman–Crippen MR) is 134 cm³/mol. The van der Waals surface area contributed by atoms with E-state index < -0.39 is 0 Å². The van der Waals surface area contributed by atoms with Gasteiger partial charge in [0.25, 0.3) is 5.56 Å². The van der Waals surface area contributed by atoms with Crippen molar-refractivity contribution in [3.05, 3.63) is 87.0 Å².